The van der Waals surface area contributed by atoms with Crippen molar-refractivity contribution < 1.29 is 9.13 Å². The molecule has 3 nitrogen and oxygen atoms in total. The van der Waals surface area contributed by atoms with Crippen LogP contribution in [0.15, 0.2) is 18.2 Å². The van der Waals surface area contributed by atoms with Crippen molar-refractivity contribution in [2.45, 2.75) is 19.4 Å². The second-order valence-corrected chi connectivity index (χ2v) is 4.19. The molecule has 0 heterocycles. The maximum absolute atomic E-state index is 13.1. The van der Waals surface area contributed by atoms with Crippen LogP contribution in [0.2, 0.25) is 0 Å². The molecule has 0 saturated carbocycles. The molecule has 0 unspecified atom stereocenters. The van der Waals surface area contributed by atoms with Gasteiger partial charge in [0.2, 0.25) is 0 Å². The summed E-state index contributed by atoms with van der Waals surface area (Å²) in [5, 5.41) is 3.11. The number of nitrogens with one attached hydrogen (secondary N) is 1. The molecule has 1 aromatic rings. The number of methoxy groups -OCH3 is 1. The average Bonchev–Trinajstić information content (AvgIpc) is 2.15. The molecule has 0 amide bonds. The van der Waals surface area contributed by atoms with Crippen molar-refractivity contribution in [3.8, 4) is 5.75 Å². The van der Waals surface area contributed by atoms with Gasteiger partial charge in [-0.3, -0.25) is 0 Å². The van der Waals surface area contributed by atoms with Crippen LogP contribution in [0.25, 0.3) is 0 Å². The Morgan fingerprint density at radius 3 is 2.56 bits per heavy atom. The number of rotatable bonds is 4. The van der Waals surface area contributed by atoms with E-state index in [0.717, 1.165) is 5.69 Å². The van der Waals surface area contributed by atoms with Gasteiger partial charge < -0.3 is 15.8 Å². The summed E-state index contributed by atoms with van der Waals surface area (Å²) in [6.07, 6.45) is 0. The van der Waals surface area contributed by atoms with Crippen LogP contribution in [0.5, 0.6) is 5.75 Å². The SMILES string of the molecule is COc1cc(NCC(C)(C)N)ccc1F.Cl. The molecule has 5 heteroatoms. The molecule has 3 N–H and O–H groups in total. The Kier molecular flexibility index (Phi) is 5.55. The first-order valence-corrected chi connectivity index (χ1v) is 4.79. The number of halogens is 2. The summed E-state index contributed by atoms with van der Waals surface area (Å²) in [6, 6.07) is 4.63. The smallest absolute Gasteiger partial charge is 0.165 e. The fourth-order valence-corrected chi connectivity index (χ4v) is 1.10. The van der Waals surface area contributed by atoms with Crippen LogP contribution in [-0.2, 0) is 0 Å². The Hall–Kier alpha value is -1.00. The zero-order valence-corrected chi connectivity index (χ0v) is 10.5. The van der Waals surface area contributed by atoms with Crippen molar-refractivity contribution >= 4 is 18.1 Å². The molecule has 0 aliphatic heterocycles. The number of hydrogen-bond acceptors (Lipinski definition) is 3. The molecule has 0 atom stereocenters. The van der Waals surface area contributed by atoms with Gasteiger partial charge in [-0.05, 0) is 26.0 Å². The third-order valence-electron chi connectivity index (χ3n) is 1.90. The maximum atomic E-state index is 13.1. The maximum Gasteiger partial charge on any atom is 0.165 e. The van der Waals surface area contributed by atoms with Gasteiger partial charge in [0.1, 0.15) is 0 Å². The number of ether oxygens (including phenoxy) is 1. The van der Waals surface area contributed by atoms with Crippen molar-refractivity contribution in [1.82, 2.24) is 0 Å². The van der Waals surface area contributed by atoms with Gasteiger partial charge in [0.15, 0.2) is 11.6 Å². The number of nitrogens with two attached hydrogens (primary N) is 1. The lowest BCUT2D eigenvalue weighted by atomic mass is 10.1. The zero-order valence-electron chi connectivity index (χ0n) is 9.71. The topological polar surface area (TPSA) is 47.3 Å². The van der Waals surface area contributed by atoms with Gasteiger partial charge in [-0.1, -0.05) is 0 Å². The van der Waals surface area contributed by atoms with Crippen LogP contribution >= 0.6 is 12.4 Å². The summed E-state index contributed by atoms with van der Waals surface area (Å²) >= 11 is 0. The summed E-state index contributed by atoms with van der Waals surface area (Å²) in [5.74, 6) is -0.134. The molecule has 0 fully saturated rings. The highest BCUT2D eigenvalue weighted by Gasteiger charge is 2.10. The third-order valence-corrected chi connectivity index (χ3v) is 1.90. The Morgan fingerprint density at radius 1 is 1.44 bits per heavy atom. The van der Waals surface area contributed by atoms with Gasteiger partial charge in [0, 0.05) is 23.8 Å². The molecule has 0 aromatic heterocycles. The minimum Gasteiger partial charge on any atom is -0.494 e. The van der Waals surface area contributed by atoms with Gasteiger partial charge in [0.05, 0.1) is 7.11 Å². The summed E-state index contributed by atoms with van der Waals surface area (Å²) in [4.78, 5) is 0. The van der Waals surface area contributed by atoms with E-state index in [1.165, 1.54) is 13.2 Å². The van der Waals surface area contributed by atoms with E-state index in [1.807, 2.05) is 13.8 Å². The van der Waals surface area contributed by atoms with E-state index < -0.39 is 0 Å². The van der Waals surface area contributed by atoms with Crippen LogP contribution in [0, 0.1) is 5.82 Å². The van der Waals surface area contributed by atoms with Crippen LogP contribution in [-0.4, -0.2) is 19.2 Å². The van der Waals surface area contributed by atoms with Crippen molar-refractivity contribution in [3.05, 3.63) is 24.0 Å². The summed E-state index contributed by atoms with van der Waals surface area (Å²) in [7, 11) is 1.44. The summed E-state index contributed by atoms with van der Waals surface area (Å²) < 4.78 is 17.9. The number of benzene rings is 1. The second-order valence-electron chi connectivity index (χ2n) is 4.19. The van der Waals surface area contributed by atoms with Gasteiger partial charge in [-0.15, -0.1) is 12.4 Å². The predicted molar refractivity (Wildman–Crippen MR) is 67.0 cm³/mol. The van der Waals surface area contributed by atoms with Crippen LogP contribution in [0.1, 0.15) is 13.8 Å². The Labute approximate surface area is 102 Å². The summed E-state index contributed by atoms with van der Waals surface area (Å²) in [5.41, 5.74) is 6.31. The minimum atomic E-state index is -0.366. The lowest BCUT2D eigenvalue weighted by Crippen LogP contribution is -2.39. The molecule has 0 spiro atoms. The van der Waals surface area contributed by atoms with E-state index >= 15 is 0 Å². The third kappa shape index (κ3) is 4.68. The molecule has 1 rings (SSSR count). The zero-order chi connectivity index (χ0) is 11.5. The molecular weight excluding hydrogens is 231 g/mol. The fraction of sp³-hybridized carbons (Fsp3) is 0.455. The van der Waals surface area contributed by atoms with Gasteiger partial charge in [-0.25, -0.2) is 4.39 Å². The van der Waals surface area contributed by atoms with E-state index in [9.17, 15) is 4.39 Å². The van der Waals surface area contributed by atoms with Crippen LogP contribution < -0.4 is 15.8 Å². The first-order chi connectivity index (χ1) is 6.92. The second kappa shape index (κ2) is 5.92. The van der Waals surface area contributed by atoms with Gasteiger partial charge in [0.25, 0.3) is 0 Å². The molecule has 0 aliphatic carbocycles. The molecule has 0 radical (unpaired) electrons. The Bertz CT molecular complexity index is 339. The average molecular weight is 249 g/mol. The minimum absolute atomic E-state index is 0. The quantitative estimate of drug-likeness (QED) is 0.860. The number of hydrogen-bond donors (Lipinski definition) is 2. The molecule has 0 bridgehead atoms. The van der Waals surface area contributed by atoms with Crippen molar-refractivity contribution in [2.24, 2.45) is 5.73 Å². The molecule has 92 valence electrons. The van der Waals surface area contributed by atoms with Crippen LogP contribution in [0.3, 0.4) is 0 Å². The molecule has 0 aliphatic rings. The standard InChI is InChI=1S/C11H17FN2O.ClH/c1-11(2,13)7-14-8-4-5-9(12)10(6-8)15-3;/h4-6,14H,7,13H2,1-3H3;1H. The van der Waals surface area contributed by atoms with E-state index in [0.29, 0.717) is 6.54 Å². The largest absolute Gasteiger partial charge is 0.494 e. The lowest BCUT2D eigenvalue weighted by Gasteiger charge is -2.20. The highest BCUT2D eigenvalue weighted by atomic mass is 35.5. The van der Waals surface area contributed by atoms with Crippen molar-refractivity contribution in [3.63, 3.8) is 0 Å². The number of anilines is 1. The monoisotopic (exact) mass is 248 g/mol. The Balaban J connectivity index is 0.00000225. The first-order valence-electron chi connectivity index (χ1n) is 4.79. The Morgan fingerprint density at radius 2 is 2.06 bits per heavy atom. The van der Waals surface area contributed by atoms with E-state index in [1.54, 1.807) is 12.1 Å². The molecule has 0 saturated heterocycles. The normalized spacial score (nSPS) is 10.6. The van der Waals surface area contributed by atoms with Crippen LogP contribution in [0.4, 0.5) is 10.1 Å². The van der Waals surface area contributed by atoms with E-state index in [4.69, 9.17) is 10.5 Å². The predicted octanol–water partition coefficient (Wildman–Crippen LogP) is 2.41. The fourth-order valence-electron chi connectivity index (χ4n) is 1.10. The van der Waals surface area contributed by atoms with Crippen molar-refractivity contribution in [1.29, 1.82) is 0 Å². The van der Waals surface area contributed by atoms with E-state index in [-0.39, 0.29) is 29.5 Å². The summed E-state index contributed by atoms with van der Waals surface area (Å²) in [6.45, 7) is 4.45. The van der Waals surface area contributed by atoms with Gasteiger partial charge >= 0.3 is 0 Å². The van der Waals surface area contributed by atoms with Gasteiger partial charge in [-0.2, -0.15) is 0 Å². The molecule has 16 heavy (non-hydrogen) atoms. The highest BCUT2D eigenvalue weighted by Crippen LogP contribution is 2.21. The van der Waals surface area contributed by atoms with E-state index in [2.05, 4.69) is 5.32 Å². The first kappa shape index (κ1) is 15.0. The molecular formula is C11H18ClFN2O. The highest BCUT2D eigenvalue weighted by molar-refractivity contribution is 5.85. The van der Waals surface area contributed by atoms with Crippen molar-refractivity contribution in [2.75, 3.05) is 19.0 Å². The molecule has 1 aromatic carbocycles. The lowest BCUT2D eigenvalue weighted by molar-refractivity contribution is 0.386.